The molecule has 0 saturated carbocycles. The number of sulfonamides is 1. The summed E-state index contributed by atoms with van der Waals surface area (Å²) in [7, 11) is -3.61. The summed E-state index contributed by atoms with van der Waals surface area (Å²) in [6.07, 6.45) is 5.04. The largest absolute Gasteiger partial charge is 0.301 e. The molecule has 2 rings (SSSR count). The monoisotopic (exact) mass is 474 g/mol. The number of piperidine rings is 1. The molecule has 1 saturated heterocycles. The molecule has 1 aliphatic heterocycles. The number of hydrogen-bond acceptors (Lipinski definition) is 5. The van der Waals surface area contributed by atoms with Crippen molar-refractivity contribution in [2.75, 3.05) is 51.3 Å². The molecule has 8 nitrogen and oxygen atoms in total. The van der Waals surface area contributed by atoms with Crippen molar-refractivity contribution in [1.82, 2.24) is 13.5 Å². The van der Waals surface area contributed by atoms with Crippen molar-refractivity contribution in [3.63, 3.8) is 0 Å². The Morgan fingerprint density at radius 3 is 2.16 bits per heavy atom. The molecule has 1 heterocycles. The summed E-state index contributed by atoms with van der Waals surface area (Å²) in [5, 5.41) is 0. The molecule has 0 amide bonds. The highest BCUT2D eigenvalue weighted by Gasteiger charge is 2.27. The van der Waals surface area contributed by atoms with E-state index >= 15 is 0 Å². The fraction of sp³-hybridized carbons (Fsp3) is 0.714. The third-order valence-electron chi connectivity index (χ3n) is 5.88. The van der Waals surface area contributed by atoms with E-state index in [2.05, 4.69) is 23.5 Å². The van der Waals surface area contributed by atoms with Gasteiger partial charge in [-0.05, 0) is 62.8 Å². The van der Waals surface area contributed by atoms with Crippen molar-refractivity contribution in [1.29, 1.82) is 0 Å². The van der Waals surface area contributed by atoms with Gasteiger partial charge in [0.15, 0.2) is 0 Å². The van der Waals surface area contributed by atoms with Gasteiger partial charge in [0.05, 0.1) is 6.26 Å². The normalized spacial score (nSPS) is 17.9. The van der Waals surface area contributed by atoms with Gasteiger partial charge in [0.25, 0.3) is 0 Å². The zero-order valence-electron chi connectivity index (χ0n) is 19.4. The fourth-order valence-electron chi connectivity index (χ4n) is 3.95. The van der Waals surface area contributed by atoms with Crippen LogP contribution in [0.3, 0.4) is 0 Å². The molecular formula is C21H38N4O4S2. The van der Waals surface area contributed by atoms with Crippen molar-refractivity contribution in [3.05, 3.63) is 29.8 Å². The van der Waals surface area contributed by atoms with E-state index in [1.807, 2.05) is 12.1 Å². The first-order valence-electron chi connectivity index (χ1n) is 10.9. The van der Waals surface area contributed by atoms with Gasteiger partial charge in [-0.25, -0.2) is 12.7 Å². The average Bonchev–Trinajstić information content (AvgIpc) is 2.68. The lowest BCUT2D eigenvalue weighted by Crippen LogP contribution is -2.44. The molecule has 1 aromatic rings. The lowest BCUT2D eigenvalue weighted by atomic mass is 9.96. The topological polar surface area (TPSA) is 90.0 Å². The van der Waals surface area contributed by atoms with Crippen LogP contribution >= 0.6 is 0 Å². The predicted molar refractivity (Wildman–Crippen MR) is 127 cm³/mol. The van der Waals surface area contributed by atoms with Gasteiger partial charge >= 0.3 is 10.2 Å². The van der Waals surface area contributed by atoms with Gasteiger partial charge in [0, 0.05) is 45.5 Å². The molecular weight excluding hydrogens is 436 g/mol. The zero-order valence-corrected chi connectivity index (χ0v) is 21.0. The molecule has 31 heavy (non-hydrogen) atoms. The molecule has 0 aliphatic carbocycles. The van der Waals surface area contributed by atoms with Crippen LogP contribution in [0.5, 0.6) is 0 Å². The van der Waals surface area contributed by atoms with Crippen LogP contribution in [-0.4, -0.2) is 82.9 Å². The summed E-state index contributed by atoms with van der Waals surface area (Å²) >= 11 is 0. The number of hydrogen-bond donors (Lipinski definition) is 1. The van der Waals surface area contributed by atoms with E-state index in [1.165, 1.54) is 20.4 Å². The Bertz CT molecular complexity index is 894. The maximum Gasteiger partial charge on any atom is 0.301 e. The van der Waals surface area contributed by atoms with Gasteiger partial charge in [-0.3, -0.25) is 4.72 Å². The Labute approximate surface area is 188 Å². The first-order chi connectivity index (χ1) is 14.4. The number of rotatable bonds is 11. The van der Waals surface area contributed by atoms with Crippen molar-refractivity contribution >= 4 is 25.9 Å². The first kappa shape index (κ1) is 26.1. The molecule has 178 valence electrons. The zero-order chi connectivity index (χ0) is 23.2. The van der Waals surface area contributed by atoms with Crippen molar-refractivity contribution in [3.8, 4) is 0 Å². The van der Waals surface area contributed by atoms with Crippen LogP contribution in [0.2, 0.25) is 0 Å². The second kappa shape index (κ2) is 11.1. The van der Waals surface area contributed by atoms with Gasteiger partial charge in [0.1, 0.15) is 0 Å². The molecule has 1 atom stereocenters. The van der Waals surface area contributed by atoms with E-state index < -0.39 is 20.2 Å². The van der Waals surface area contributed by atoms with E-state index in [0.717, 1.165) is 48.6 Å². The Morgan fingerprint density at radius 2 is 1.68 bits per heavy atom. The predicted octanol–water partition coefficient (Wildman–Crippen LogP) is 2.22. The van der Waals surface area contributed by atoms with Crippen LogP contribution in [0.4, 0.5) is 5.69 Å². The third kappa shape index (κ3) is 8.02. The van der Waals surface area contributed by atoms with Crippen LogP contribution in [-0.2, 0) is 26.7 Å². The van der Waals surface area contributed by atoms with Gasteiger partial charge in [-0.15, -0.1) is 0 Å². The number of nitrogens with one attached hydrogen (secondary N) is 1. The standard InChI is InChI=1S/C21H38N4O4S2/c1-6-13-24(17-20-11-14-25(15-12-20)30(5,26)27)18(2)16-19-7-9-21(10-8-19)22-31(28,29)23(3)4/h7-10,18,20,22H,6,11-17H2,1-5H3. The van der Waals surface area contributed by atoms with Gasteiger partial charge in [0.2, 0.25) is 10.0 Å². The molecule has 1 aromatic carbocycles. The smallest absolute Gasteiger partial charge is 0.300 e. The molecule has 1 aliphatic rings. The van der Waals surface area contributed by atoms with Crippen molar-refractivity contribution in [2.45, 2.75) is 45.6 Å². The highest BCUT2D eigenvalue weighted by molar-refractivity contribution is 7.90. The van der Waals surface area contributed by atoms with E-state index in [4.69, 9.17) is 0 Å². The number of nitrogens with zero attached hydrogens (tertiary/aromatic N) is 3. The van der Waals surface area contributed by atoms with E-state index in [0.29, 0.717) is 30.7 Å². The lowest BCUT2D eigenvalue weighted by Gasteiger charge is -2.36. The minimum atomic E-state index is -3.50. The Kier molecular flexibility index (Phi) is 9.32. The molecule has 0 spiro atoms. The molecule has 1 unspecified atom stereocenters. The Balaban J connectivity index is 1.94. The first-order valence-corrected chi connectivity index (χ1v) is 14.2. The van der Waals surface area contributed by atoms with Gasteiger partial charge < -0.3 is 4.90 Å². The Morgan fingerprint density at radius 1 is 1.10 bits per heavy atom. The maximum absolute atomic E-state index is 12.0. The maximum atomic E-state index is 12.0. The van der Waals surface area contributed by atoms with Gasteiger partial charge in [-0.1, -0.05) is 19.1 Å². The summed E-state index contributed by atoms with van der Waals surface area (Å²) in [5.41, 5.74) is 1.71. The highest BCUT2D eigenvalue weighted by atomic mass is 32.2. The molecule has 0 radical (unpaired) electrons. The molecule has 0 aromatic heterocycles. The minimum Gasteiger partial charge on any atom is -0.300 e. The van der Waals surface area contributed by atoms with Crippen LogP contribution in [0.1, 0.15) is 38.7 Å². The second-order valence-corrected chi connectivity index (χ2v) is 12.6. The molecule has 10 heteroatoms. The van der Waals surface area contributed by atoms with Crippen molar-refractivity contribution < 1.29 is 16.8 Å². The summed E-state index contributed by atoms with van der Waals surface area (Å²) < 4.78 is 52.7. The van der Waals surface area contributed by atoms with Crippen molar-refractivity contribution in [2.24, 2.45) is 5.92 Å². The number of anilines is 1. The van der Waals surface area contributed by atoms with E-state index in [1.54, 1.807) is 16.4 Å². The molecule has 0 bridgehead atoms. The SMILES string of the molecule is CCCN(CC1CCN(S(C)(=O)=O)CC1)C(C)Cc1ccc(NS(=O)(=O)N(C)C)cc1. The molecule has 1 fully saturated rings. The van der Waals surface area contributed by atoms with Gasteiger partial charge in [-0.2, -0.15) is 12.7 Å². The van der Waals surface area contributed by atoms with E-state index in [-0.39, 0.29) is 0 Å². The quantitative estimate of drug-likeness (QED) is 0.531. The summed E-state index contributed by atoms with van der Waals surface area (Å²) in [5.74, 6) is 0.509. The average molecular weight is 475 g/mol. The van der Waals surface area contributed by atoms with Crippen LogP contribution in [0.25, 0.3) is 0 Å². The van der Waals surface area contributed by atoms with Crippen LogP contribution in [0, 0.1) is 5.92 Å². The lowest BCUT2D eigenvalue weighted by molar-refractivity contribution is 0.146. The third-order valence-corrected chi connectivity index (χ3v) is 8.64. The summed E-state index contributed by atoms with van der Waals surface area (Å²) in [4.78, 5) is 2.50. The number of benzene rings is 1. The minimum absolute atomic E-state index is 0.345. The summed E-state index contributed by atoms with van der Waals surface area (Å²) in [6.45, 7) is 7.62. The molecule has 1 N–H and O–H groups in total. The fourth-order valence-corrected chi connectivity index (χ4v) is 5.44. The Hall–Kier alpha value is -1.20. The van der Waals surface area contributed by atoms with Crippen LogP contribution < -0.4 is 4.72 Å². The second-order valence-electron chi connectivity index (χ2n) is 8.74. The summed E-state index contributed by atoms with van der Waals surface area (Å²) in [6, 6.07) is 7.89. The highest BCUT2D eigenvalue weighted by Crippen LogP contribution is 2.22. The van der Waals surface area contributed by atoms with E-state index in [9.17, 15) is 16.8 Å². The van der Waals surface area contributed by atoms with Crippen LogP contribution in [0.15, 0.2) is 24.3 Å².